The SMILES string of the molecule is CC(C)NC(=N)C1(C[C@H](C)NCC(=O)N2CCC[C@H]2C#N)c2ccc(C(N)=O)cc2CCc2cc(C(N)=O)ccc21. The maximum atomic E-state index is 13.0. The molecule has 1 heterocycles. The molecule has 10 nitrogen and oxygen atoms in total. The lowest BCUT2D eigenvalue weighted by atomic mass is 9.67. The molecule has 4 rings (SSSR count). The summed E-state index contributed by atoms with van der Waals surface area (Å²) in [4.78, 5) is 38.8. The third-order valence-electron chi connectivity index (χ3n) is 8.16. The Hall–Kier alpha value is -4.23. The second-order valence-electron chi connectivity index (χ2n) is 11.4. The molecule has 0 unspecified atom stereocenters. The summed E-state index contributed by atoms with van der Waals surface area (Å²) in [5.74, 6) is -0.904. The second kappa shape index (κ2) is 12.1. The van der Waals surface area contributed by atoms with Gasteiger partial charge in [-0.1, -0.05) is 12.1 Å². The van der Waals surface area contributed by atoms with Crippen molar-refractivity contribution in [2.75, 3.05) is 13.1 Å². The van der Waals surface area contributed by atoms with Crippen LogP contribution in [0.4, 0.5) is 0 Å². The molecule has 0 saturated carbocycles. The first-order valence-corrected chi connectivity index (χ1v) is 14.1. The first-order valence-electron chi connectivity index (χ1n) is 14.1. The molecule has 0 bridgehead atoms. The monoisotopic (exact) mass is 557 g/mol. The Bertz CT molecular complexity index is 1350. The van der Waals surface area contributed by atoms with E-state index in [1.807, 2.05) is 32.9 Å². The van der Waals surface area contributed by atoms with Crippen LogP contribution in [0.2, 0.25) is 0 Å². The lowest BCUT2D eigenvalue weighted by Crippen LogP contribution is -2.51. The molecule has 2 aromatic carbocycles. The number of fused-ring (bicyclic) bond motifs is 2. The highest BCUT2D eigenvalue weighted by atomic mass is 16.2. The van der Waals surface area contributed by atoms with E-state index in [2.05, 4.69) is 16.7 Å². The lowest BCUT2D eigenvalue weighted by molar-refractivity contribution is -0.130. The van der Waals surface area contributed by atoms with Crippen LogP contribution in [-0.4, -0.2) is 59.7 Å². The molecular weight excluding hydrogens is 518 g/mol. The van der Waals surface area contributed by atoms with Crippen LogP contribution in [0.5, 0.6) is 0 Å². The summed E-state index contributed by atoms with van der Waals surface area (Å²) < 4.78 is 0. The van der Waals surface area contributed by atoms with Gasteiger partial charge in [0.25, 0.3) is 0 Å². The molecule has 1 saturated heterocycles. The van der Waals surface area contributed by atoms with Gasteiger partial charge in [0.05, 0.1) is 18.0 Å². The highest BCUT2D eigenvalue weighted by Crippen LogP contribution is 2.44. The van der Waals surface area contributed by atoms with Crippen LogP contribution in [0.25, 0.3) is 0 Å². The van der Waals surface area contributed by atoms with Gasteiger partial charge in [-0.05, 0) is 99.4 Å². The highest BCUT2D eigenvalue weighted by molar-refractivity contribution is 5.98. The van der Waals surface area contributed by atoms with Gasteiger partial charge in [0.2, 0.25) is 17.7 Å². The number of nitrogens with two attached hydrogens (primary N) is 2. The molecule has 0 aromatic heterocycles. The van der Waals surface area contributed by atoms with E-state index in [-0.39, 0.29) is 30.4 Å². The number of benzene rings is 2. The Labute approximate surface area is 241 Å². The average molecular weight is 558 g/mol. The largest absolute Gasteiger partial charge is 0.371 e. The summed E-state index contributed by atoms with van der Waals surface area (Å²) in [5, 5.41) is 25.6. The molecule has 7 N–H and O–H groups in total. The lowest BCUT2D eigenvalue weighted by Gasteiger charge is -2.40. The normalized spacial score (nSPS) is 18.0. The summed E-state index contributed by atoms with van der Waals surface area (Å²) in [6.07, 6.45) is 3.06. The maximum Gasteiger partial charge on any atom is 0.248 e. The first-order chi connectivity index (χ1) is 19.5. The molecule has 0 spiro atoms. The van der Waals surface area contributed by atoms with E-state index >= 15 is 0 Å². The number of hydrogen-bond donors (Lipinski definition) is 5. The fourth-order valence-electron chi connectivity index (χ4n) is 6.25. The van der Waals surface area contributed by atoms with E-state index in [0.717, 1.165) is 28.7 Å². The predicted molar refractivity (Wildman–Crippen MR) is 157 cm³/mol. The topological polar surface area (TPSA) is 178 Å². The number of carbonyl (C=O) groups excluding carboxylic acids is 3. The molecule has 10 heteroatoms. The minimum absolute atomic E-state index is 0.0350. The van der Waals surface area contributed by atoms with Gasteiger partial charge in [0.1, 0.15) is 11.9 Å². The molecule has 1 aliphatic carbocycles. The second-order valence-corrected chi connectivity index (χ2v) is 11.4. The van der Waals surface area contributed by atoms with Crippen LogP contribution < -0.4 is 22.1 Å². The molecule has 2 atom stereocenters. The van der Waals surface area contributed by atoms with Gasteiger partial charge in [-0.25, -0.2) is 0 Å². The average Bonchev–Trinajstić information content (AvgIpc) is 3.37. The molecular formula is C31H39N7O3. The van der Waals surface area contributed by atoms with Gasteiger partial charge in [0.15, 0.2) is 0 Å². The highest BCUT2D eigenvalue weighted by Gasteiger charge is 2.45. The van der Waals surface area contributed by atoms with Gasteiger partial charge in [-0.3, -0.25) is 19.8 Å². The molecule has 3 amide bonds. The van der Waals surface area contributed by atoms with Gasteiger partial charge in [0, 0.05) is 29.8 Å². The van der Waals surface area contributed by atoms with E-state index < -0.39 is 23.3 Å². The Balaban J connectivity index is 1.80. The zero-order chi connectivity index (χ0) is 29.9. The zero-order valence-electron chi connectivity index (χ0n) is 23.9. The summed E-state index contributed by atoms with van der Waals surface area (Å²) in [7, 11) is 0. The third-order valence-corrected chi connectivity index (χ3v) is 8.16. The predicted octanol–water partition coefficient (Wildman–Crippen LogP) is 2.13. The van der Waals surface area contributed by atoms with E-state index in [0.29, 0.717) is 43.4 Å². The number of nitrogens with one attached hydrogen (secondary N) is 3. The number of nitriles is 1. The number of amides is 3. The Kier molecular flexibility index (Phi) is 8.78. The molecule has 2 aromatic rings. The summed E-state index contributed by atoms with van der Waals surface area (Å²) >= 11 is 0. The van der Waals surface area contributed by atoms with Crippen molar-refractivity contribution in [3.63, 3.8) is 0 Å². The van der Waals surface area contributed by atoms with Crippen LogP contribution in [0.15, 0.2) is 36.4 Å². The minimum Gasteiger partial charge on any atom is -0.371 e. The van der Waals surface area contributed by atoms with E-state index in [9.17, 15) is 25.1 Å². The first kappa shape index (κ1) is 29.7. The smallest absolute Gasteiger partial charge is 0.248 e. The number of amidine groups is 1. The fourth-order valence-corrected chi connectivity index (χ4v) is 6.25. The van der Waals surface area contributed by atoms with Gasteiger partial charge < -0.3 is 27.0 Å². The minimum atomic E-state index is -0.990. The van der Waals surface area contributed by atoms with Gasteiger partial charge in [-0.2, -0.15) is 5.26 Å². The van der Waals surface area contributed by atoms with Crippen molar-refractivity contribution in [1.82, 2.24) is 15.5 Å². The van der Waals surface area contributed by atoms with Crippen molar-refractivity contribution < 1.29 is 14.4 Å². The van der Waals surface area contributed by atoms with Crippen molar-refractivity contribution >= 4 is 23.6 Å². The number of aryl methyl sites for hydroxylation is 2. The fraction of sp³-hybridized carbons (Fsp3) is 0.452. The molecule has 1 fully saturated rings. The van der Waals surface area contributed by atoms with Crippen molar-refractivity contribution in [2.45, 2.75) is 76.4 Å². The Morgan fingerprint density at radius 3 is 2.10 bits per heavy atom. The van der Waals surface area contributed by atoms with Crippen molar-refractivity contribution in [3.05, 3.63) is 69.8 Å². The maximum absolute atomic E-state index is 13.0. The number of hydrogen-bond acceptors (Lipinski definition) is 6. The van der Waals surface area contributed by atoms with Crippen molar-refractivity contribution in [1.29, 1.82) is 10.7 Å². The summed E-state index contributed by atoms with van der Waals surface area (Å²) in [6, 6.07) is 12.3. The zero-order valence-corrected chi connectivity index (χ0v) is 23.9. The molecule has 1 aliphatic heterocycles. The number of carbonyl (C=O) groups is 3. The van der Waals surface area contributed by atoms with Crippen LogP contribution in [-0.2, 0) is 23.1 Å². The van der Waals surface area contributed by atoms with E-state index in [1.165, 1.54) is 0 Å². The van der Waals surface area contributed by atoms with Gasteiger partial charge in [-0.15, -0.1) is 0 Å². The number of nitrogens with zero attached hydrogens (tertiary/aromatic N) is 2. The van der Waals surface area contributed by atoms with Crippen molar-refractivity contribution in [2.24, 2.45) is 11.5 Å². The van der Waals surface area contributed by atoms with E-state index in [4.69, 9.17) is 11.5 Å². The standard InChI is InChI=1S/C31H39N7O3/c1-18(2)37-30(35)31(15-19(3)36-17-27(39)38-12-4-5-24(38)16-32)25-10-8-22(28(33)40)13-20(25)6-7-21-14-23(29(34)41)9-11-26(21)31/h8-11,13-14,18-19,24,36H,4-7,12,15,17H2,1-3H3,(H2,33,40)(H2,34,41)(H2,35,37)/t19-,24-/m0/s1. The van der Waals surface area contributed by atoms with Crippen LogP contribution in [0, 0.1) is 16.7 Å². The molecule has 41 heavy (non-hydrogen) atoms. The third kappa shape index (κ3) is 5.95. The number of primary amides is 2. The summed E-state index contributed by atoms with van der Waals surface area (Å²) in [6.45, 7) is 6.56. The van der Waals surface area contributed by atoms with Crippen LogP contribution >= 0.6 is 0 Å². The van der Waals surface area contributed by atoms with Crippen molar-refractivity contribution in [3.8, 4) is 6.07 Å². The number of rotatable bonds is 9. The quantitative estimate of drug-likeness (QED) is 0.233. The van der Waals surface area contributed by atoms with Crippen LogP contribution in [0.1, 0.15) is 83.0 Å². The Morgan fingerprint density at radius 2 is 1.61 bits per heavy atom. The number of likely N-dealkylation sites (tertiary alicyclic amines) is 1. The summed E-state index contributed by atoms with van der Waals surface area (Å²) in [5.41, 5.74) is 14.6. The molecule has 216 valence electrons. The molecule has 0 radical (unpaired) electrons. The van der Waals surface area contributed by atoms with Crippen LogP contribution in [0.3, 0.4) is 0 Å². The molecule has 2 aliphatic rings. The van der Waals surface area contributed by atoms with E-state index in [1.54, 1.807) is 29.2 Å². The van der Waals surface area contributed by atoms with Gasteiger partial charge >= 0.3 is 0 Å². The Morgan fingerprint density at radius 1 is 1.05 bits per heavy atom.